The molecular formula is C23H29NO3. The standard InChI is InChI=1S/C23H29NO3/c1-6-15-26-20-10-8-9-18(16-20)24-22(25)21(7-2)27-19-13-11-17(12-14-19)23(3,4)5/h6,8-14,16,21H,1,7,15H2,2-5H3,(H,24,25). The molecule has 0 aromatic heterocycles. The largest absolute Gasteiger partial charge is 0.489 e. The maximum absolute atomic E-state index is 12.6. The van der Waals surface area contributed by atoms with Crippen molar-refractivity contribution in [2.75, 3.05) is 11.9 Å². The van der Waals surface area contributed by atoms with Crippen LogP contribution in [0.1, 0.15) is 39.7 Å². The molecule has 2 aromatic carbocycles. The van der Waals surface area contributed by atoms with Crippen LogP contribution in [0, 0.1) is 0 Å². The third kappa shape index (κ3) is 6.17. The van der Waals surface area contributed by atoms with Crippen LogP contribution in [0.25, 0.3) is 0 Å². The lowest BCUT2D eigenvalue weighted by atomic mass is 9.87. The fourth-order valence-corrected chi connectivity index (χ4v) is 2.56. The van der Waals surface area contributed by atoms with Gasteiger partial charge in [0.15, 0.2) is 6.10 Å². The fourth-order valence-electron chi connectivity index (χ4n) is 2.56. The number of amides is 1. The minimum atomic E-state index is -0.566. The van der Waals surface area contributed by atoms with Crippen LogP contribution in [0.2, 0.25) is 0 Å². The monoisotopic (exact) mass is 367 g/mol. The minimum Gasteiger partial charge on any atom is -0.489 e. The highest BCUT2D eigenvalue weighted by Crippen LogP contribution is 2.25. The number of ether oxygens (including phenoxy) is 2. The SMILES string of the molecule is C=CCOc1cccc(NC(=O)C(CC)Oc2ccc(C(C)(C)C)cc2)c1. The Kier molecular flexibility index (Phi) is 7.05. The molecular weight excluding hydrogens is 338 g/mol. The molecule has 0 saturated carbocycles. The van der Waals surface area contributed by atoms with Crippen molar-refractivity contribution in [1.29, 1.82) is 0 Å². The van der Waals surface area contributed by atoms with E-state index in [1.807, 2.05) is 49.4 Å². The van der Waals surface area contributed by atoms with Gasteiger partial charge in [0.2, 0.25) is 0 Å². The molecule has 2 aromatic rings. The molecule has 27 heavy (non-hydrogen) atoms. The summed E-state index contributed by atoms with van der Waals surface area (Å²) in [6, 6.07) is 15.2. The molecule has 1 N–H and O–H groups in total. The van der Waals surface area contributed by atoms with Gasteiger partial charge < -0.3 is 14.8 Å². The van der Waals surface area contributed by atoms with Gasteiger partial charge in [-0.05, 0) is 41.7 Å². The molecule has 0 fully saturated rings. The highest BCUT2D eigenvalue weighted by molar-refractivity contribution is 5.94. The second-order valence-corrected chi connectivity index (χ2v) is 7.41. The summed E-state index contributed by atoms with van der Waals surface area (Å²) in [7, 11) is 0. The van der Waals surface area contributed by atoms with Crippen molar-refractivity contribution >= 4 is 11.6 Å². The van der Waals surface area contributed by atoms with E-state index in [-0.39, 0.29) is 11.3 Å². The molecule has 1 atom stereocenters. The zero-order valence-electron chi connectivity index (χ0n) is 16.6. The Morgan fingerprint density at radius 2 is 1.85 bits per heavy atom. The van der Waals surface area contributed by atoms with Crippen LogP contribution in [0.15, 0.2) is 61.2 Å². The van der Waals surface area contributed by atoms with Gasteiger partial charge in [-0.3, -0.25) is 4.79 Å². The normalized spacial score (nSPS) is 12.1. The van der Waals surface area contributed by atoms with Gasteiger partial charge in [-0.15, -0.1) is 0 Å². The first kappa shape index (κ1) is 20.6. The molecule has 0 aliphatic heterocycles. The molecule has 0 bridgehead atoms. The minimum absolute atomic E-state index is 0.0821. The van der Waals surface area contributed by atoms with Gasteiger partial charge in [-0.2, -0.15) is 0 Å². The van der Waals surface area contributed by atoms with Crippen LogP contribution >= 0.6 is 0 Å². The molecule has 2 rings (SSSR count). The van der Waals surface area contributed by atoms with E-state index in [0.717, 1.165) is 0 Å². The molecule has 0 spiro atoms. The highest BCUT2D eigenvalue weighted by Gasteiger charge is 2.19. The third-order valence-corrected chi connectivity index (χ3v) is 4.13. The van der Waals surface area contributed by atoms with Crippen molar-refractivity contribution in [3.05, 3.63) is 66.7 Å². The maximum Gasteiger partial charge on any atom is 0.265 e. The first-order valence-corrected chi connectivity index (χ1v) is 9.25. The topological polar surface area (TPSA) is 47.6 Å². The number of hydrogen-bond donors (Lipinski definition) is 1. The number of carbonyl (C=O) groups excluding carboxylic acids is 1. The van der Waals surface area contributed by atoms with E-state index in [0.29, 0.717) is 30.2 Å². The fraction of sp³-hybridized carbons (Fsp3) is 0.348. The lowest BCUT2D eigenvalue weighted by Gasteiger charge is -2.21. The predicted octanol–water partition coefficient (Wildman–Crippen LogP) is 5.35. The van der Waals surface area contributed by atoms with E-state index in [2.05, 4.69) is 32.7 Å². The van der Waals surface area contributed by atoms with E-state index >= 15 is 0 Å². The molecule has 0 radical (unpaired) electrons. The van der Waals surface area contributed by atoms with Gasteiger partial charge in [-0.25, -0.2) is 0 Å². The van der Waals surface area contributed by atoms with Gasteiger partial charge in [0.25, 0.3) is 5.91 Å². The van der Waals surface area contributed by atoms with E-state index in [1.165, 1.54) is 5.56 Å². The smallest absolute Gasteiger partial charge is 0.265 e. The summed E-state index contributed by atoms with van der Waals surface area (Å²) in [5.74, 6) is 1.19. The summed E-state index contributed by atoms with van der Waals surface area (Å²) in [5, 5.41) is 2.90. The molecule has 4 heteroatoms. The summed E-state index contributed by atoms with van der Waals surface area (Å²) in [6.07, 6.45) is 1.68. The lowest BCUT2D eigenvalue weighted by molar-refractivity contribution is -0.122. The van der Waals surface area contributed by atoms with Crippen molar-refractivity contribution in [1.82, 2.24) is 0 Å². The predicted molar refractivity (Wildman–Crippen MR) is 111 cm³/mol. The van der Waals surface area contributed by atoms with Crippen molar-refractivity contribution in [3.63, 3.8) is 0 Å². The molecule has 0 aliphatic carbocycles. The van der Waals surface area contributed by atoms with Crippen LogP contribution in [0.3, 0.4) is 0 Å². The van der Waals surface area contributed by atoms with E-state index in [9.17, 15) is 4.79 Å². The average Bonchev–Trinajstić information content (AvgIpc) is 2.64. The summed E-state index contributed by atoms with van der Waals surface area (Å²) < 4.78 is 11.4. The van der Waals surface area contributed by atoms with Gasteiger partial charge in [0, 0.05) is 11.8 Å². The Labute approximate surface area is 162 Å². The molecule has 0 saturated heterocycles. The van der Waals surface area contributed by atoms with Crippen molar-refractivity contribution in [3.8, 4) is 11.5 Å². The summed E-state index contributed by atoms with van der Waals surface area (Å²) >= 11 is 0. The zero-order chi connectivity index (χ0) is 19.9. The number of hydrogen-bond acceptors (Lipinski definition) is 3. The quantitative estimate of drug-likeness (QED) is 0.640. The van der Waals surface area contributed by atoms with Gasteiger partial charge in [-0.1, -0.05) is 58.5 Å². The Hall–Kier alpha value is -2.75. The molecule has 1 unspecified atom stereocenters. The van der Waals surface area contributed by atoms with Crippen molar-refractivity contribution in [2.45, 2.75) is 45.6 Å². The van der Waals surface area contributed by atoms with E-state index in [4.69, 9.17) is 9.47 Å². The van der Waals surface area contributed by atoms with Crippen LogP contribution in [0.4, 0.5) is 5.69 Å². The maximum atomic E-state index is 12.6. The number of carbonyl (C=O) groups is 1. The first-order valence-electron chi connectivity index (χ1n) is 9.25. The van der Waals surface area contributed by atoms with E-state index in [1.54, 1.807) is 12.1 Å². The van der Waals surface area contributed by atoms with Crippen molar-refractivity contribution in [2.24, 2.45) is 0 Å². The Morgan fingerprint density at radius 1 is 1.15 bits per heavy atom. The van der Waals surface area contributed by atoms with Gasteiger partial charge in [0.1, 0.15) is 18.1 Å². The van der Waals surface area contributed by atoms with Crippen LogP contribution in [0.5, 0.6) is 11.5 Å². The number of nitrogens with one attached hydrogen (secondary N) is 1. The van der Waals surface area contributed by atoms with Crippen molar-refractivity contribution < 1.29 is 14.3 Å². The Balaban J connectivity index is 2.02. The van der Waals surface area contributed by atoms with E-state index < -0.39 is 6.10 Å². The number of rotatable bonds is 8. The summed E-state index contributed by atoms with van der Waals surface area (Å²) in [6.45, 7) is 12.5. The molecule has 1 amide bonds. The van der Waals surface area contributed by atoms with Crippen LogP contribution < -0.4 is 14.8 Å². The lowest BCUT2D eigenvalue weighted by Crippen LogP contribution is -2.32. The van der Waals surface area contributed by atoms with Crippen LogP contribution in [-0.2, 0) is 10.2 Å². The van der Waals surface area contributed by atoms with Gasteiger partial charge >= 0.3 is 0 Å². The molecule has 0 aliphatic rings. The average molecular weight is 367 g/mol. The second kappa shape index (κ2) is 9.26. The number of benzene rings is 2. The molecule has 144 valence electrons. The molecule has 4 nitrogen and oxygen atoms in total. The number of anilines is 1. The third-order valence-electron chi connectivity index (χ3n) is 4.13. The van der Waals surface area contributed by atoms with Gasteiger partial charge in [0.05, 0.1) is 0 Å². The Bertz CT molecular complexity index is 760. The Morgan fingerprint density at radius 3 is 2.44 bits per heavy atom. The summed E-state index contributed by atoms with van der Waals surface area (Å²) in [5.41, 5.74) is 1.98. The van der Waals surface area contributed by atoms with Crippen LogP contribution in [-0.4, -0.2) is 18.6 Å². The highest BCUT2D eigenvalue weighted by atomic mass is 16.5. The first-order chi connectivity index (χ1) is 12.8. The summed E-state index contributed by atoms with van der Waals surface area (Å²) in [4.78, 5) is 12.6. The molecule has 0 heterocycles. The second-order valence-electron chi connectivity index (χ2n) is 7.41. The zero-order valence-corrected chi connectivity index (χ0v) is 16.6.